The molecule has 0 bridgehead atoms. The number of carbonyl (C=O) groups excluding carboxylic acids is 3. The SMILES string of the molecule is CC/C=C\C/C=C\C/C=C\C/C=C\C/C=C\CCCCCCCCCC(=O)OC(COC(=O)CCCCCCC/C=C\C/C=C\CCC)COC(=O)CCCCCCCCCCCCCCCCC/C=C\CCCCCCCCCC. The Morgan fingerprint density at radius 3 is 0.815 bits per heavy atom. The van der Waals surface area contributed by atoms with Crippen molar-refractivity contribution in [1.82, 2.24) is 0 Å². The van der Waals surface area contributed by atoms with Crippen molar-refractivity contribution in [1.29, 1.82) is 0 Å². The quantitative estimate of drug-likeness (QED) is 0.0261. The van der Waals surface area contributed by atoms with Crippen LogP contribution in [-0.2, 0) is 28.6 Å². The normalized spacial score (nSPS) is 12.7. The molecule has 0 aromatic carbocycles. The maximum Gasteiger partial charge on any atom is 0.306 e. The van der Waals surface area contributed by atoms with Gasteiger partial charge in [0.15, 0.2) is 6.10 Å². The van der Waals surface area contributed by atoms with E-state index in [0.717, 1.165) is 128 Å². The molecule has 0 N–H and O–H groups in total. The number of hydrogen-bond acceptors (Lipinski definition) is 6. The van der Waals surface area contributed by atoms with E-state index in [1.807, 2.05) is 0 Å². The van der Waals surface area contributed by atoms with Crippen LogP contribution in [0.25, 0.3) is 0 Å². The highest BCUT2D eigenvalue weighted by atomic mass is 16.6. The molecule has 0 aromatic heterocycles. The Balaban J connectivity index is 4.29. The predicted molar refractivity (Wildman–Crippen MR) is 353 cm³/mol. The number of esters is 3. The standard InChI is InChI=1S/C75H130O6/c1-4-7-10-13-16-19-22-25-27-29-31-33-35-36-37-38-40-41-43-45-47-50-53-56-59-62-65-68-74(77)80-71-72(70-79-73(76)67-64-61-58-55-52-49-24-21-18-15-12-9-6-3)81-75(78)69-66-63-60-57-54-51-48-46-44-42-39-34-32-30-28-26-23-20-17-14-11-8-5-2/h8,11-12,15,17,20-21,24,26,28-29,31-32,34,42,44,72H,4-7,9-10,13-14,16,18-19,22-23,25,27,30,33,35-41,43,45-71H2,1-3H3/b11-8-,15-12-,20-17-,24-21-,28-26-,31-29-,34-32-,44-42-. The Morgan fingerprint density at radius 2 is 0.506 bits per heavy atom. The maximum atomic E-state index is 12.9. The minimum Gasteiger partial charge on any atom is -0.462 e. The Hall–Kier alpha value is -3.67. The largest absolute Gasteiger partial charge is 0.462 e. The number of carbonyl (C=O) groups is 3. The zero-order valence-corrected chi connectivity index (χ0v) is 53.5. The van der Waals surface area contributed by atoms with Crippen molar-refractivity contribution >= 4 is 17.9 Å². The number of ether oxygens (including phenoxy) is 3. The van der Waals surface area contributed by atoms with Crippen LogP contribution in [0.5, 0.6) is 0 Å². The first-order chi connectivity index (χ1) is 40.0. The third-order valence-electron chi connectivity index (χ3n) is 15.0. The fourth-order valence-corrected chi connectivity index (χ4v) is 9.86. The smallest absolute Gasteiger partial charge is 0.306 e. The Kier molecular flexibility index (Phi) is 65.7. The second kappa shape index (κ2) is 68.8. The molecule has 0 amide bonds. The highest BCUT2D eigenvalue weighted by Gasteiger charge is 2.19. The molecule has 0 aromatic rings. The summed E-state index contributed by atoms with van der Waals surface area (Å²) in [4.78, 5) is 38.4. The zero-order chi connectivity index (χ0) is 58.5. The molecule has 0 saturated heterocycles. The van der Waals surface area contributed by atoms with Gasteiger partial charge < -0.3 is 14.2 Å². The Bertz CT molecular complexity index is 1580. The molecule has 81 heavy (non-hydrogen) atoms. The van der Waals surface area contributed by atoms with Gasteiger partial charge >= 0.3 is 17.9 Å². The number of hydrogen-bond donors (Lipinski definition) is 0. The fourth-order valence-electron chi connectivity index (χ4n) is 9.86. The van der Waals surface area contributed by atoms with E-state index in [0.29, 0.717) is 19.3 Å². The summed E-state index contributed by atoms with van der Waals surface area (Å²) in [6.07, 6.45) is 92.9. The molecule has 6 heteroatoms. The van der Waals surface area contributed by atoms with Crippen molar-refractivity contribution < 1.29 is 28.6 Å². The van der Waals surface area contributed by atoms with Crippen LogP contribution in [0.1, 0.15) is 342 Å². The summed E-state index contributed by atoms with van der Waals surface area (Å²) in [6.45, 7) is 6.48. The van der Waals surface area contributed by atoms with E-state index >= 15 is 0 Å². The van der Waals surface area contributed by atoms with Gasteiger partial charge in [0.1, 0.15) is 13.2 Å². The number of allylic oxidation sites excluding steroid dienone is 16. The molecular weight excluding hydrogens is 997 g/mol. The van der Waals surface area contributed by atoms with Crippen LogP contribution < -0.4 is 0 Å². The number of unbranched alkanes of at least 4 members (excludes halogenated alkanes) is 36. The monoisotopic (exact) mass is 1130 g/mol. The third kappa shape index (κ3) is 67.0. The lowest BCUT2D eigenvalue weighted by atomic mass is 10.0. The van der Waals surface area contributed by atoms with E-state index in [1.165, 1.54) is 173 Å². The average molecular weight is 1130 g/mol. The van der Waals surface area contributed by atoms with Crippen LogP contribution in [0.15, 0.2) is 97.2 Å². The van der Waals surface area contributed by atoms with Gasteiger partial charge in [-0.25, -0.2) is 0 Å². The summed E-state index contributed by atoms with van der Waals surface area (Å²) < 4.78 is 17.0. The molecule has 0 spiro atoms. The van der Waals surface area contributed by atoms with E-state index < -0.39 is 6.10 Å². The van der Waals surface area contributed by atoms with Crippen molar-refractivity contribution in [3.8, 4) is 0 Å². The van der Waals surface area contributed by atoms with Gasteiger partial charge in [-0.05, 0) is 116 Å². The highest BCUT2D eigenvalue weighted by Crippen LogP contribution is 2.17. The predicted octanol–water partition coefficient (Wildman–Crippen LogP) is 24.0. The summed E-state index contributed by atoms with van der Waals surface area (Å²) in [5, 5.41) is 0. The third-order valence-corrected chi connectivity index (χ3v) is 15.0. The van der Waals surface area contributed by atoms with E-state index in [2.05, 4.69) is 118 Å². The lowest BCUT2D eigenvalue weighted by Gasteiger charge is -2.18. The van der Waals surface area contributed by atoms with Crippen molar-refractivity contribution in [2.45, 2.75) is 348 Å². The second-order valence-electron chi connectivity index (χ2n) is 23.1. The Labute approximate surface area is 502 Å². The molecule has 0 saturated carbocycles. The molecule has 0 aliphatic rings. The molecule has 0 radical (unpaired) electrons. The highest BCUT2D eigenvalue weighted by molar-refractivity contribution is 5.71. The summed E-state index contributed by atoms with van der Waals surface area (Å²) in [7, 11) is 0. The summed E-state index contributed by atoms with van der Waals surface area (Å²) in [5.41, 5.74) is 0. The summed E-state index contributed by atoms with van der Waals surface area (Å²) in [5.74, 6) is -0.898. The van der Waals surface area contributed by atoms with Crippen LogP contribution in [0.4, 0.5) is 0 Å². The van der Waals surface area contributed by atoms with Crippen LogP contribution in [0.3, 0.4) is 0 Å². The lowest BCUT2D eigenvalue weighted by Crippen LogP contribution is -2.30. The van der Waals surface area contributed by atoms with Crippen LogP contribution in [0, 0.1) is 0 Å². The summed E-state index contributed by atoms with van der Waals surface area (Å²) in [6, 6.07) is 0. The molecular formula is C75H130O6. The van der Waals surface area contributed by atoms with Crippen molar-refractivity contribution in [2.24, 2.45) is 0 Å². The van der Waals surface area contributed by atoms with Crippen LogP contribution >= 0.6 is 0 Å². The van der Waals surface area contributed by atoms with Crippen LogP contribution in [-0.4, -0.2) is 37.2 Å². The molecule has 0 aliphatic carbocycles. The minimum atomic E-state index is -0.791. The van der Waals surface area contributed by atoms with Gasteiger partial charge in [0.2, 0.25) is 0 Å². The molecule has 1 unspecified atom stereocenters. The van der Waals surface area contributed by atoms with Gasteiger partial charge in [-0.3, -0.25) is 14.4 Å². The van der Waals surface area contributed by atoms with Crippen molar-refractivity contribution in [3.63, 3.8) is 0 Å². The molecule has 0 aliphatic heterocycles. The first kappa shape index (κ1) is 77.3. The first-order valence-corrected chi connectivity index (χ1v) is 34.7. The average Bonchev–Trinajstić information content (AvgIpc) is 3.46. The number of rotatable bonds is 63. The lowest BCUT2D eigenvalue weighted by molar-refractivity contribution is -0.167. The van der Waals surface area contributed by atoms with Gasteiger partial charge in [-0.2, -0.15) is 0 Å². The first-order valence-electron chi connectivity index (χ1n) is 34.7. The van der Waals surface area contributed by atoms with Gasteiger partial charge in [-0.15, -0.1) is 0 Å². The second-order valence-corrected chi connectivity index (χ2v) is 23.1. The molecule has 0 heterocycles. The summed E-state index contributed by atoms with van der Waals surface area (Å²) >= 11 is 0. The van der Waals surface area contributed by atoms with Gasteiger partial charge in [0.05, 0.1) is 0 Å². The zero-order valence-electron chi connectivity index (χ0n) is 53.5. The van der Waals surface area contributed by atoms with Gasteiger partial charge in [-0.1, -0.05) is 304 Å². The molecule has 1 atom stereocenters. The molecule has 0 fully saturated rings. The van der Waals surface area contributed by atoms with E-state index in [4.69, 9.17) is 14.2 Å². The molecule has 0 rings (SSSR count). The van der Waals surface area contributed by atoms with Crippen LogP contribution in [0.2, 0.25) is 0 Å². The maximum absolute atomic E-state index is 12.9. The van der Waals surface area contributed by atoms with Crippen molar-refractivity contribution in [2.75, 3.05) is 13.2 Å². The van der Waals surface area contributed by atoms with E-state index in [1.54, 1.807) is 0 Å². The van der Waals surface area contributed by atoms with E-state index in [9.17, 15) is 14.4 Å². The van der Waals surface area contributed by atoms with Gasteiger partial charge in [0, 0.05) is 19.3 Å². The molecule has 466 valence electrons. The minimum absolute atomic E-state index is 0.0850. The molecule has 6 nitrogen and oxygen atoms in total. The van der Waals surface area contributed by atoms with E-state index in [-0.39, 0.29) is 31.1 Å². The topological polar surface area (TPSA) is 78.9 Å². The van der Waals surface area contributed by atoms with Crippen molar-refractivity contribution in [3.05, 3.63) is 97.2 Å². The Morgan fingerprint density at radius 1 is 0.259 bits per heavy atom. The van der Waals surface area contributed by atoms with Gasteiger partial charge in [0.25, 0.3) is 0 Å². The fraction of sp³-hybridized carbons (Fsp3) is 0.747.